The third kappa shape index (κ3) is 7.74. The second-order valence-corrected chi connectivity index (χ2v) is 5.41. The summed E-state index contributed by atoms with van der Waals surface area (Å²) in [4.78, 5) is 12.7. The second-order valence-electron chi connectivity index (χ2n) is 5.41. The molecule has 0 aromatic heterocycles. The van der Waals surface area contributed by atoms with Gasteiger partial charge in [0.2, 0.25) is 0 Å². The van der Waals surface area contributed by atoms with Gasteiger partial charge in [-0.1, -0.05) is 6.07 Å². The molecular formula is C17H27NO6. The fraction of sp³-hybridized carbons (Fsp3) is 0.588. The number of ether oxygens (including phenoxy) is 2. The summed E-state index contributed by atoms with van der Waals surface area (Å²) in [6, 6.07) is 5.43. The molecule has 0 bridgehead atoms. The summed E-state index contributed by atoms with van der Waals surface area (Å²) in [5.41, 5.74) is 2.26. The molecule has 0 saturated carbocycles. The highest BCUT2D eigenvalue weighted by molar-refractivity contribution is 5.66. The van der Waals surface area contributed by atoms with E-state index in [9.17, 15) is 15.0 Å². The topological polar surface area (TPSA) is 99.5 Å². The summed E-state index contributed by atoms with van der Waals surface area (Å²) in [5.74, 6) is -0.827. The van der Waals surface area contributed by atoms with E-state index < -0.39 is 5.97 Å². The largest absolute Gasteiger partial charge is 0.481 e. The van der Waals surface area contributed by atoms with Crippen LogP contribution in [0.25, 0.3) is 0 Å². The molecule has 3 N–H and O–H groups in total. The van der Waals surface area contributed by atoms with Crippen LogP contribution < -0.4 is 4.90 Å². The number of hydrogen-bond acceptors (Lipinski definition) is 6. The van der Waals surface area contributed by atoms with Gasteiger partial charge >= 0.3 is 5.97 Å². The smallest absolute Gasteiger partial charge is 0.303 e. The molecule has 1 aromatic rings. The average molecular weight is 341 g/mol. The number of benzene rings is 1. The van der Waals surface area contributed by atoms with Crippen LogP contribution in [0.1, 0.15) is 24.0 Å². The van der Waals surface area contributed by atoms with Crippen LogP contribution in [0.5, 0.6) is 0 Å². The number of anilines is 1. The van der Waals surface area contributed by atoms with Gasteiger partial charge in [0.25, 0.3) is 0 Å². The van der Waals surface area contributed by atoms with Gasteiger partial charge in [-0.25, -0.2) is 0 Å². The summed E-state index contributed by atoms with van der Waals surface area (Å²) in [6.45, 7) is 2.41. The molecule has 0 fully saturated rings. The molecule has 1 rings (SSSR count). The van der Waals surface area contributed by atoms with E-state index in [1.807, 2.05) is 17.0 Å². The number of aliphatic carboxylic acids is 1. The van der Waals surface area contributed by atoms with Gasteiger partial charge in [-0.05, 0) is 29.7 Å². The molecule has 7 heteroatoms. The van der Waals surface area contributed by atoms with Crippen molar-refractivity contribution in [1.82, 2.24) is 0 Å². The predicted molar refractivity (Wildman–Crippen MR) is 90.1 cm³/mol. The molecule has 0 aliphatic rings. The van der Waals surface area contributed by atoms with Gasteiger partial charge in [0.15, 0.2) is 0 Å². The molecule has 0 aliphatic carbocycles. The lowest BCUT2D eigenvalue weighted by Crippen LogP contribution is -2.29. The minimum Gasteiger partial charge on any atom is -0.481 e. The van der Waals surface area contributed by atoms with Crippen molar-refractivity contribution in [1.29, 1.82) is 0 Å². The highest BCUT2D eigenvalue weighted by Crippen LogP contribution is 2.20. The van der Waals surface area contributed by atoms with Crippen LogP contribution in [0, 0.1) is 0 Å². The van der Waals surface area contributed by atoms with Crippen LogP contribution in [0.2, 0.25) is 0 Å². The quantitative estimate of drug-likeness (QED) is 0.460. The molecule has 0 aliphatic heterocycles. The van der Waals surface area contributed by atoms with E-state index >= 15 is 0 Å². The van der Waals surface area contributed by atoms with Crippen molar-refractivity contribution in [3.05, 3.63) is 29.3 Å². The zero-order valence-electron chi connectivity index (χ0n) is 14.1. The molecular weight excluding hydrogens is 314 g/mol. The Morgan fingerprint density at radius 3 is 2.25 bits per heavy atom. The first-order valence-corrected chi connectivity index (χ1v) is 7.98. The molecule has 0 unspecified atom stereocenters. The van der Waals surface area contributed by atoms with Crippen molar-refractivity contribution in [3.8, 4) is 0 Å². The van der Waals surface area contributed by atoms with E-state index in [2.05, 4.69) is 0 Å². The van der Waals surface area contributed by atoms with Crippen molar-refractivity contribution in [2.45, 2.75) is 26.1 Å². The Bertz CT molecular complexity index is 472. The minimum absolute atomic E-state index is 0.0909. The summed E-state index contributed by atoms with van der Waals surface area (Å²) in [6.07, 6.45) is 0.596. The van der Waals surface area contributed by atoms with Crippen molar-refractivity contribution in [3.63, 3.8) is 0 Å². The van der Waals surface area contributed by atoms with E-state index in [0.29, 0.717) is 50.5 Å². The normalized spacial score (nSPS) is 10.8. The molecule has 0 saturated heterocycles. The van der Waals surface area contributed by atoms with Gasteiger partial charge in [0, 0.05) is 32.3 Å². The number of carboxylic acids is 1. The maximum absolute atomic E-state index is 10.7. The lowest BCUT2D eigenvalue weighted by Gasteiger charge is -2.26. The maximum atomic E-state index is 10.7. The number of rotatable bonds is 13. The number of hydrogen-bond donors (Lipinski definition) is 3. The Morgan fingerprint density at radius 1 is 1.04 bits per heavy atom. The highest BCUT2D eigenvalue weighted by atomic mass is 16.5. The SMILES string of the molecule is COCCOCCN(CCCC(=O)O)c1cc(CO)cc(CO)c1. The molecule has 0 heterocycles. The Labute approximate surface area is 142 Å². The zero-order chi connectivity index (χ0) is 17.8. The van der Waals surface area contributed by atoms with Crippen molar-refractivity contribution < 1.29 is 29.6 Å². The molecule has 1 aromatic carbocycles. The van der Waals surface area contributed by atoms with Crippen LogP contribution >= 0.6 is 0 Å². The first-order valence-electron chi connectivity index (χ1n) is 7.98. The Hall–Kier alpha value is -1.67. The standard InChI is InChI=1S/C17H27NO6/c1-23-7-8-24-6-5-18(4-2-3-17(21)22)16-10-14(12-19)9-15(11-16)13-20/h9-11,19-20H,2-8,12-13H2,1H3,(H,21,22). The fourth-order valence-corrected chi connectivity index (χ4v) is 2.32. The first kappa shape index (κ1) is 20.4. The van der Waals surface area contributed by atoms with Gasteiger partial charge < -0.3 is 29.7 Å². The van der Waals surface area contributed by atoms with Crippen LogP contribution in [0.4, 0.5) is 5.69 Å². The minimum atomic E-state index is -0.827. The molecule has 7 nitrogen and oxygen atoms in total. The zero-order valence-corrected chi connectivity index (χ0v) is 14.1. The third-order valence-electron chi connectivity index (χ3n) is 3.52. The number of aliphatic hydroxyl groups is 2. The second kappa shape index (κ2) is 11.8. The molecule has 0 radical (unpaired) electrons. The summed E-state index contributed by atoms with van der Waals surface area (Å²) < 4.78 is 10.4. The Balaban J connectivity index is 2.76. The first-order chi connectivity index (χ1) is 11.6. The monoisotopic (exact) mass is 341 g/mol. The summed E-state index contributed by atoms with van der Waals surface area (Å²) in [5, 5.41) is 27.6. The Morgan fingerprint density at radius 2 is 1.71 bits per heavy atom. The van der Waals surface area contributed by atoms with Crippen LogP contribution in [0.15, 0.2) is 18.2 Å². The van der Waals surface area contributed by atoms with Crippen LogP contribution in [-0.4, -0.2) is 61.3 Å². The van der Waals surface area contributed by atoms with E-state index in [1.165, 1.54) is 0 Å². The van der Waals surface area contributed by atoms with Gasteiger partial charge in [-0.15, -0.1) is 0 Å². The van der Waals surface area contributed by atoms with Crippen molar-refractivity contribution in [2.75, 3.05) is 44.9 Å². The number of carboxylic acid groups (broad SMARTS) is 1. The number of methoxy groups -OCH3 is 1. The lowest BCUT2D eigenvalue weighted by atomic mass is 10.1. The molecule has 136 valence electrons. The van der Waals surface area contributed by atoms with Crippen molar-refractivity contribution >= 4 is 11.7 Å². The lowest BCUT2D eigenvalue weighted by molar-refractivity contribution is -0.137. The summed E-state index contributed by atoms with van der Waals surface area (Å²) in [7, 11) is 1.61. The van der Waals surface area contributed by atoms with E-state index in [4.69, 9.17) is 14.6 Å². The van der Waals surface area contributed by atoms with Crippen LogP contribution in [-0.2, 0) is 27.5 Å². The molecule has 24 heavy (non-hydrogen) atoms. The maximum Gasteiger partial charge on any atom is 0.303 e. The van der Waals surface area contributed by atoms with Crippen molar-refractivity contribution in [2.24, 2.45) is 0 Å². The van der Waals surface area contributed by atoms with Gasteiger partial charge in [0.1, 0.15) is 0 Å². The highest BCUT2D eigenvalue weighted by Gasteiger charge is 2.10. The van der Waals surface area contributed by atoms with E-state index in [1.54, 1.807) is 13.2 Å². The molecule has 0 amide bonds. The molecule has 0 spiro atoms. The van der Waals surface area contributed by atoms with Crippen LogP contribution in [0.3, 0.4) is 0 Å². The average Bonchev–Trinajstić information content (AvgIpc) is 2.59. The number of carbonyl (C=O) groups is 1. The van der Waals surface area contributed by atoms with E-state index in [-0.39, 0.29) is 19.6 Å². The van der Waals surface area contributed by atoms with Gasteiger partial charge in [0.05, 0.1) is 33.0 Å². The fourth-order valence-electron chi connectivity index (χ4n) is 2.32. The Kier molecular flexibility index (Phi) is 10.0. The molecule has 0 atom stereocenters. The van der Waals surface area contributed by atoms with Gasteiger partial charge in [-0.2, -0.15) is 0 Å². The van der Waals surface area contributed by atoms with E-state index in [0.717, 1.165) is 5.69 Å². The number of aliphatic hydroxyl groups excluding tert-OH is 2. The predicted octanol–water partition coefficient (Wildman–Crippen LogP) is 1.01. The van der Waals surface area contributed by atoms with Gasteiger partial charge in [-0.3, -0.25) is 4.79 Å². The number of nitrogens with zero attached hydrogens (tertiary/aromatic N) is 1. The third-order valence-corrected chi connectivity index (χ3v) is 3.52. The summed E-state index contributed by atoms with van der Waals surface area (Å²) >= 11 is 0.